The van der Waals surface area contributed by atoms with Crippen molar-refractivity contribution in [2.45, 2.75) is 18.7 Å². The van der Waals surface area contributed by atoms with Gasteiger partial charge in [-0.3, -0.25) is 4.72 Å². The van der Waals surface area contributed by atoms with E-state index < -0.39 is 10.0 Å². The molecular formula is C21H19N3O2S. The zero-order chi connectivity index (χ0) is 19.4. The Labute approximate surface area is 159 Å². The van der Waals surface area contributed by atoms with E-state index in [9.17, 15) is 8.42 Å². The van der Waals surface area contributed by atoms with E-state index in [1.807, 2.05) is 19.1 Å². The first-order valence-electron chi connectivity index (χ1n) is 8.35. The Morgan fingerprint density at radius 3 is 2.22 bits per heavy atom. The average molecular weight is 377 g/mol. The minimum absolute atomic E-state index is 0.267. The number of nitrogens with one attached hydrogen (secondary N) is 2. The van der Waals surface area contributed by atoms with E-state index in [0.717, 1.165) is 16.9 Å². The third-order valence-corrected chi connectivity index (χ3v) is 5.58. The number of rotatable bonds is 5. The molecule has 3 rings (SSSR count). The number of hydrogen-bond acceptors (Lipinski definition) is 4. The standard InChI is InChI=1S/C21H19N3O2S/c1-15-6-11-21(16(2)12-15)27(25,26)24-19-9-7-18(8-10-19)23-20-5-3-4-17(13-20)14-22/h3-13,23-24H,1-2H3. The summed E-state index contributed by atoms with van der Waals surface area (Å²) < 4.78 is 27.9. The monoisotopic (exact) mass is 377 g/mol. The summed E-state index contributed by atoms with van der Waals surface area (Å²) in [7, 11) is -3.65. The van der Waals surface area contributed by atoms with Gasteiger partial charge >= 0.3 is 0 Å². The lowest BCUT2D eigenvalue weighted by Gasteiger charge is -2.12. The van der Waals surface area contributed by atoms with Crippen molar-refractivity contribution in [1.29, 1.82) is 5.26 Å². The molecule has 0 fully saturated rings. The van der Waals surface area contributed by atoms with E-state index in [2.05, 4.69) is 16.1 Å². The summed E-state index contributed by atoms with van der Waals surface area (Å²) in [6.45, 7) is 3.71. The van der Waals surface area contributed by atoms with Crippen molar-refractivity contribution in [3.63, 3.8) is 0 Å². The zero-order valence-electron chi connectivity index (χ0n) is 15.0. The Balaban J connectivity index is 1.76. The van der Waals surface area contributed by atoms with Gasteiger partial charge in [0.2, 0.25) is 0 Å². The maximum atomic E-state index is 12.6. The zero-order valence-corrected chi connectivity index (χ0v) is 15.8. The number of benzene rings is 3. The average Bonchev–Trinajstić information content (AvgIpc) is 2.63. The van der Waals surface area contributed by atoms with E-state index in [1.165, 1.54) is 0 Å². The maximum Gasteiger partial charge on any atom is 0.262 e. The summed E-state index contributed by atoms with van der Waals surface area (Å²) in [5.74, 6) is 0. The lowest BCUT2D eigenvalue weighted by atomic mass is 10.2. The molecule has 0 aliphatic carbocycles. The van der Waals surface area contributed by atoms with Crippen LogP contribution in [0, 0.1) is 25.2 Å². The van der Waals surface area contributed by atoms with Crippen LogP contribution in [0.25, 0.3) is 0 Å². The van der Waals surface area contributed by atoms with Gasteiger partial charge in [0.25, 0.3) is 10.0 Å². The van der Waals surface area contributed by atoms with E-state index >= 15 is 0 Å². The highest BCUT2D eigenvalue weighted by molar-refractivity contribution is 7.92. The largest absolute Gasteiger partial charge is 0.355 e. The van der Waals surface area contributed by atoms with Gasteiger partial charge in [-0.15, -0.1) is 0 Å². The minimum atomic E-state index is -3.65. The molecule has 27 heavy (non-hydrogen) atoms. The van der Waals surface area contributed by atoms with Gasteiger partial charge in [0.15, 0.2) is 0 Å². The molecule has 0 spiro atoms. The molecule has 0 atom stereocenters. The van der Waals surface area contributed by atoms with Crippen LogP contribution in [0.2, 0.25) is 0 Å². The van der Waals surface area contributed by atoms with Gasteiger partial charge in [0.1, 0.15) is 0 Å². The van der Waals surface area contributed by atoms with E-state index in [0.29, 0.717) is 16.8 Å². The molecule has 136 valence electrons. The van der Waals surface area contributed by atoms with Crippen molar-refractivity contribution in [1.82, 2.24) is 0 Å². The second-order valence-electron chi connectivity index (χ2n) is 6.27. The van der Waals surface area contributed by atoms with Gasteiger partial charge < -0.3 is 5.32 Å². The molecule has 0 aliphatic rings. The first-order valence-corrected chi connectivity index (χ1v) is 9.83. The highest BCUT2D eigenvalue weighted by atomic mass is 32.2. The fraction of sp³-hybridized carbons (Fsp3) is 0.0952. The molecule has 0 bridgehead atoms. The molecule has 0 amide bonds. The maximum absolute atomic E-state index is 12.6. The summed E-state index contributed by atoms with van der Waals surface area (Å²) >= 11 is 0. The Hall–Kier alpha value is -3.30. The van der Waals surface area contributed by atoms with Crippen molar-refractivity contribution in [2.75, 3.05) is 10.0 Å². The number of sulfonamides is 1. The van der Waals surface area contributed by atoms with Crippen LogP contribution in [0.1, 0.15) is 16.7 Å². The Morgan fingerprint density at radius 1 is 0.852 bits per heavy atom. The Morgan fingerprint density at radius 2 is 1.56 bits per heavy atom. The summed E-state index contributed by atoms with van der Waals surface area (Å²) in [4.78, 5) is 0.267. The summed E-state index contributed by atoms with van der Waals surface area (Å²) in [6, 6.07) is 21.4. The van der Waals surface area contributed by atoms with Crippen LogP contribution in [0.4, 0.5) is 17.1 Å². The fourth-order valence-corrected chi connectivity index (χ4v) is 4.05. The summed E-state index contributed by atoms with van der Waals surface area (Å²) in [6.07, 6.45) is 0. The van der Waals surface area contributed by atoms with Gasteiger partial charge in [-0.25, -0.2) is 8.42 Å². The van der Waals surface area contributed by atoms with Crippen LogP contribution < -0.4 is 10.0 Å². The predicted octanol–water partition coefficient (Wildman–Crippen LogP) is 4.72. The molecule has 0 aromatic heterocycles. The number of anilines is 3. The molecule has 2 N–H and O–H groups in total. The molecule has 0 heterocycles. The summed E-state index contributed by atoms with van der Waals surface area (Å²) in [5, 5.41) is 12.1. The lowest BCUT2D eigenvalue weighted by molar-refractivity contribution is 0.600. The first kappa shape index (κ1) is 18.5. The molecule has 0 saturated carbocycles. The Bertz CT molecular complexity index is 1110. The lowest BCUT2D eigenvalue weighted by Crippen LogP contribution is -2.14. The SMILES string of the molecule is Cc1ccc(S(=O)(=O)Nc2ccc(Nc3cccc(C#N)c3)cc2)c(C)c1. The minimum Gasteiger partial charge on any atom is -0.355 e. The second-order valence-corrected chi connectivity index (χ2v) is 7.92. The van der Waals surface area contributed by atoms with Crippen molar-refractivity contribution >= 4 is 27.1 Å². The van der Waals surface area contributed by atoms with Gasteiger partial charge in [-0.1, -0.05) is 23.8 Å². The molecule has 0 saturated heterocycles. The number of hydrogen-bond donors (Lipinski definition) is 2. The number of aryl methyl sites for hydroxylation is 2. The fourth-order valence-electron chi connectivity index (χ4n) is 2.77. The molecular weight excluding hydrogens is 358 g/mol. The number of nitriles is 1. The highest BCUT2D eigenvalue weighted by Crippen LogP contribution is 2.23. The Kier molecular flexibility index (Phi) is 5.15. The predicted molar refractivity (Wildman–Crippen MR) is 108 cm³/mol. The van der Waals surface area contributed by atoms with E-state index in [4.69, 9.17) is 5.26 Å². The van der Waals surface area contributed by atoms with E-state index in [1.54, 1.807) is 61.5 Å². The quantitative estimate of drug-likeness (QED) is 0.674. The van der Waals surface area contributed by atoms with E-state index in [-0.39, 0.29) is 4.90 Å². The van der Waals surface area contributed by atoms with Gasteiger partial charge in [0, 0.05) is 17.1 Å². The molecule has 3 aromatic rings. The van der Waals surface area contributed by atoms with Crippen molar-refractivity contribution in [3.8, 4) is 6.07 Å². The van der Waals surface area contributed by atoms with Gasteiger partial charge in [-0.2, -0.15) is 5.26 Å². The molecule has 0 radical (unpaired) electrons. The van der Waals surface area contributed by atoms with Crippen LogP contribution in [-0.4, -0.2) is 8.42 Å². The van der Waals surface area contributed by atoms with Crippen LogP contribution in [0.15, 0.2) is 71.6 Å². The van der Waals surface area contributed by atoms with Gasteiger partial charge in [-0.05, 0) is 67.9 Å². The van der Waals surface area contributed by atoms with Crippen molar-refractivity contribution in [3.05, 3.63) is 83.4 Å². The molecule has 5 nitrogen and oxygen atoms in total. The third-order valence-electron chi connectivity index (χ3n) is 4.04. The van der Waals surface area contributed by atoms with Crippen molar-refractivity contribution < 1.29 is 8.42 Å². The van der Waals surface area contributed by atoms with Gasteiger partial charge in [0.05, 0.1) is 16.5 Å². The second kappa shape index (κ2) is 7.52. The van der Waals surface area contributed by atoms with Crippen LogP contribution in [0.5, 0.6) is 0 Å². The molecule has 6 heteroatoms. The topological polar surface area (TPSA) is 82.0 Å². The van der Waals surface area contributed by atoms with Crippen LogP contribution >= 0.6 is 0 Å². The highest BCUT2D eigenvalue weighted by Gasteiger charge is 2.16. The first-order chi connectivity index (χ1) is 12.9. The summed E-state index contributed by atoms with van der Waals surface area (Å²) in [5.41, 5.74) is 4.35. The molecule has 0 aliphatic heterocycles. The molecule has 3 aromatic carbocycles. The third kappa shape index (κ3) is 4.46. The number of nitrogens with zero attached hydrogens (tertiary/aromatic N) is 1. The van der Waals surface area contributed by atoms with Crippen molar-refractivity contribution in [2.24, 2.45) is 0 Å². The normalized spacial score (nSPS) is 10.9. The molecule has 0 unspecified atom stereocenters. The van der Waals surface area contributed by atoms with Crippen LogP contribution in [-0.2, 0) is 10.0 Å². The van der Waals surface area contributed by atoms with Crippen LogP contribution in [0.3, 0.4) is 0 Å². The smallest absolute Gasteiger partial charge is 0.262 e.